The molecule has 0 unspecified atom stereocenters. The maximum absolute atomic E-state index is 10.6. The number of methoxy groups -OCH3 is 2. The van der Waals surface area contributed by atoms with Gasteiger partial charge in [0.25, 0.3) is 0 Å². The van der Waals surface area contributed by atoms with E-state index in [4.69, 9.17) is 19.3 Å². The molecule has 8 heteroatoms. The molecule has 0 spiro atoms. The van der Waals surface area contributed by atoms with Crippen molar-refractivity contribution in [3.05, 3.63) is 29.8 Å². The summed E-state index contributed by atoms with van der Waals surface area (Å²) in [7, 11) is 2.83. The zero-order chi connectivity index (χ0) is 15.2. The lowest BCUT2D eigenvalue weighted by atomic mass is 10.1. The van der Waals surface area contributed by atoms with E-state index in [-0.39, 0.29) is 24.5 Å². The molecule has 1 heterocycles. The van der Waals surface area contributed by atoms with Crippen LogP contribution in [0, 0.1) is 0 Å². The van der Waals surface area contributed by atoms with Gasteiger partial charge in [0, 0.05) is 0 Å². The lowest BCUT2D eigenvalue weighted by Gasteiger charge is -2.06. The number of carboxylic acids is 1. The Balaban J connectivity index is 2.15. The van der Waals surface area contributed by atoms with Gasteiger partial charge in [0.15, 0.2) is 0 Å². The summed E-state index contributed by atoms with van der Waals surface area (Å²) in [6.45, 7) is 0. The molecule has 0 aliphatic heterocycles. The van der Waals surface area contributed by atoms with E-state index in [1.165, 1.54) is 14.2 Å². The van der Waals surface area contributed by atoms with E-state index >= 15 is 0 Å². The van der Waals surface area contributed by atoms with Crippen LogP contribution in [0.15, 0.2) is 24.3 Å². The quantitative estimate of drug-likeness (QED) is 0.849. The third kappa shape index (κ3) is 4.03. The Hall–Kier alpha value is -2.90. The van der Waals surface area contributed by atoms with E-state index in [1.54, 1.807) is 24.3 Å². The van der Waals surface area contributed by atoms with Crippen LogP contribution in [-0.2, 0) is 11.2 Å². The highest BCUT2D eigenvalue weighted by Gasteiger charge is 2.09. The second-order valence-electron chi connectivity index (χ2n) is 3.91. The van der Waals surface area contributed by atoms with E-state index in [2.05, 4.69) is 15.0 Å². The Bertz CT molecular complexity index is 608. The molecule has 1 N–H and O–H groups in total. The maximum atomic E-state index is 10.6. The van der Waals surface area contributed by atoms with Crippen LogP contribution in [-0.4, -0.2) is 40.2 Å². The van der Waals surface area contributed by atoms with Crippen molar-refractivity contribution in [2.45, 2.75) is 6.42 Å². The molecule has 110 valence electrons. The van der Waals surface area contributed by atoms with Gasteiger partial charge < -0.3 is 19.3 Å². The number of carbonyl (C=O) groups is 1. The van der Waals surface area contributed by atoms with E-state index in [0.717, 1.165) is 0 Å². The normalized spacial score (nSPS) is 10.0. The Morgan fingerprint density at radius 3 is 2.00 bits per heavy atom. The van der Waals surface area contributed by atoms with Gasteiger partial charge in [-0.1, -0.05) is 12.1 Å². The smallest absolute Gasteiger partial charge is 0.331 e. The molecule has 1 aromatic heterocycles. The number of aromatic nitrogens is 3. The van der Waals surface area contributed by atoms with Gasteiger partial charge in [-0.25, -0.2) is 0 Å². The van der Waals surface area contributed by atoms with Crippen LogP contribution in [0.1, 0.15) is 5.56 Å². The molecule has 0 fully saturated rings. The van der Waals surface area contributed by atoms with Gasteiger partial charge in [-0.15, -0.1) is 15.0 Å². The van der Waals surface area contributed by atoms with Crippen molar-refractivity contribution in [1.82, 2.24) is 15.0 Å². The van der Waals surface area contributed by atoms with E-state index in [1.807, 2.05) is 0 Å². The van der Waals surface area contributed by atoms with Crippen molar-refractivity contribution in [2.24, 2.45) is 0 Å². The highest BCUT2D eigenvalue weighted by atomic mass is 16.5. The SMILES string of the molecule is COc1nc(OC)nc(Oc2ccc(CC(=O)O)cc2)n1. The average Bonchev–Trinajstić information content (AvgIpc) is 2.48. The zero-order valence-electron chi connectivity index (χ0n) is 11.4. The first kappa shape index (κ1) is 14.5. The van der Waals surface area contributed by atoms with Gasteiger partial charge in [-0.2, -0.15) is 0 Å². The molecule has 0 amide bonds. The Labute approximate surface area is 120 Å². The summed E-state index contributed by atoms with van der Waals surface area (Å²) in [5.41, 5.74) is 0.667. The standard InChI is InChI=1S/C13H13N3O5/c1-19-11-14-12(20-2)16-13(15-11)21-9-5-3-8(4-6-9)7-10(17)18/h3-6H,7H2,1-2H3,(H,17,18). The topological polar surface area (TPSA) is 104 Å². The van der Waals surface area contributed by atoms with Crippen molar-refractivity contribution in [1.29, 1.82) is 0 Å². The molecule has 0 saturated heterocycles. The molecular weight excluding hydrogens is 278 g/mol. The second kappa shape index (κ2) is 6.51. The van der Waals surface area contributed by atoms with Gasteiger partial charge in [-0.05, 0) is 17.7 Å². The number of ether oxygens (including phenoxy) is 3. The fourth-order valence-electron chi connectivity index (χ4n) is 1.50. The monoisotopic (exact) mass is 291 g/mol. The lowest BCUT2D eigenvalue weighted by molar-refractivity contribution is -0.136. The number of nitrogens with zero attached hydrogens (tertiary/aromatic N) is 3. The molecule has 2 rings (SSSR count). The van der Waals surface area contributed by atoms with Gasteiger partial charge in [0.2, 0.25) is 0 Å². The number of hydrogen-bond acceptors (Lipinski definition) is 7. The lowest BCUT2D eigenvalue weighted by Crippen LogP contribution is -2.02. The number of benzene rings is 1. The van der Waals surface area contributed by atoms with Gasteiger partial charge in [-0.3, -0.25) is 4.79 Å². The van der Waals surface area contributed by atoms with Crippen molar-refractivity contribution < 1.29 is 24.1 Å². The predicted octanol–water partition coefficient (Wildman–Crippen LogP) is 1.31. The maximum Gasteiger partial charge on any atom is 0.331 e. The first-order valence-corrected chi connectivity index (χ1v) is 5.93. The Morgan fingerprint density at radius 2 is 1.52 bits per heavy atom. The molecule has 2 aromatic rings. The number of carboxylic acid groups (broad SMARTS) is 1. The minimum atomic E-state index is -0.893. The average molecular weight is 291 g/mol. The van der Waals surface area contributed by atoms with Gasteiger partial charge >= 0.3 is 24.0 Å². The van der Waals surface area contributed by atoms with Crippen LogP contribution in [0.5, 0.6) is 23.8 Å². The number of aliphatic carboxylic acids is 1. The molecule has 21 heavy (non-hydrogen) atoms. The van der Waals surface area contributed by atoms with Crippen LogP contribution in [0.2, 0.25) is 0 Å². The molecular formula is C13H13N3O5. The highest BCUT2D eigenvalue weighted by Crippen LogP contribution is 2.21. The third-order valence-corrected chi connectivity index (χ3v) is 2.43. The van der Waals surface area contributed by atoms with Crippen molar-refractivity contribution >= 4 is 5.97 Å². The highest BCUT2D eigenvalue weighted by molar-refractivity contribution is 5.70. The van der Waals surface area contributed by atoms with Crippen molar-refractivity contribution in [3.63, 3.8) is 0 Å². The van der Waals surface area contributed by atoms with Crippen LogP contribution in [0.4, 0.5) is 0 Å². The van der Waals surface area contributed by atoms with E-state index < -0.39 is 5.97 Å². The summed E-state index contributed by atoms with van der Waals surface area (Å²) in [6.07, 6.45) is -0.0479. The first-order valence-electron chi connectivity index (χ1n) is 5.93. The van der Waals surface area contributed by atoms with Crippen LogP contribution >= 0.6 is 0 Å². The van der Waals surface area contributed by atoms with Crippen LogP contribution in [0.3, 0.4) is 0 Å². The van der Waals surface area contributed by atoms with Crippen molar-refractivity contribution in [3.8, 4) is 23.8 Å². The van der Waals surface area contributed by atoms with Gasteiger partial charge in [0.05, 0.1) is 20.6 Å². The Morgan fingerprint density at radius 1 is 1.00 bits per heavy atom. The molecule has 0 bridgehead atoms. The fourth-order valence-corrected chi connectivity index (χ4v) is 1.50. The first-order chi connectivity index (χ1) is 10.1. The van der Waals surface area contributed by atoms with Crippen LogP contribution < -0.4 is 14.2 Å². The molecule has 8 nitrogen and oxygen atoms in total. The molecule has 0 aliphatic rings. The molecule has 1 aromatic carbocycles. The second-order valence-corrected chi connectivity index (χ2v) is 3.91. The van der Waals surface area contributed by atoms with E-state index in [0.29, 0.717) is 11.3 Å². The third-order valence-electron chi connectivity index (χ3n) is 2.43. The summed E-state index contributed by atoms with van der Waals surface area (Å²) in [5.74, 6) is -0.435. The minimum absolute atomic E-state index is 0.0182. The summed E-state index contributed by atoms with van der Waals surface area (Å²) < 4.78 is 15.3. The fraction of sp³-hybridized carbons (Fsp3) is 0.231. The van der Waals surface area contributed by atoms with Crippen LogP contribution in [0.25, 0.3) is 0 Å². The van der Waals surface area contributed by atoms with Crippen molar-refractivity contribution in [2.75, 3.05) is 14.2 Å². The molecule has 0 saturated carbocycles. The molecule has 0 atom stereocenters. The minimum Gasteiger partial charge on any atom is -0.481 e. The summed E-state index contributed by atoms with van der Waals surface area (Å²) in [4.78, 5) is 22.3. The number of rotatable bonds is 6. The molecule has 0 radical (unpaired) electrons. The molecule has 0 aliphatic carbocycles. The zero-order valence-corrected chi connectivity index (χ0v) is 11.4. The summed E-state index contributed by atoms with van der Waals surface area (Å²) in [5, 5.41) is 8.70. The summed E-state index contributed by atoms with van der Waals surface area (Å²) >= 11 is 0. The summed E-state index contributed by atoms with van der Waals surface area (Å²) in [6, 6.07) is 6.71. The predicted molar refractivity (Wildman–Crippen MR) is 70.8 cm³/mol. The van der Waals surface area contributed by atoms with Gasteiger partial charge in [0.1, 0.15) is 5.75 Å². The number of hydrogen-bond donors (Lipinski definition) is 1. The van der Waals surface area contributed by atoms with E-state index in [9.17, 15) is 4.79 Å². The largest absolute Gasteiger partial charge is 0.481 e. The Kier molecular flexibility index (Phi) is 4.50.